The summed E-state index contributed by atoms with van der Waals surface area (Å²) < 4.78 is 4.95. The molecule has 0 spiro atoms. The molecule has 2 aromatic carbocycles. The summed E-state index contributed by atoms with van der Waals surface area (Å²) in [5.41, 5.74) is 3.01. The number of nitrogens with zero attached hydrogens (tertiary/aromatic N) is 1. The summed E-state index contributed by atoms with van der Waals surface area (Å²) in [6, 6.07) is 12.0. The third-order valence-corrected chi connectivity index (χ3v) is 3.97. The fraction of sp³-hybridized carbons (Fsp3) is 0.118. The molecule has 0 unspecified atom stereocenters. The van der Waals surface area contributed by atoms with E-state index >= 15 is 0 Å². The van der Waals surface area contributed by atoms with Crippen molar-refractivity contribution in [2.75, 3.05) is 0 Å². The Morgan fingerprint density at radius 1 is 0.909 bits per heavy atom. The summed E-state index contributed by atoms with van der Waals surface area (Å²) in [7, 11) is 0. The third-order valence-electron chi connectivity index (χ3n) is 3.97. The van der Waals surface area contributed by atoms with Crippen molar-refractivity contribution in [2.24, 2.45) is 0 Å². The van der Waals surface area contributed by atoms with Gasteiger partial charge in [0.2, 0.25) is 0 Å². The molecule has 2 amide bonds. The predicted octanol–water partition coefficient (Wildman–Crippen LogP) is 2.15. The van der Waals surface area contributed by atoms with E-state index in [1.807, 2.05) is 6.07 Å². The average Bonchev–Trinajstić information content (AvgIpc) is 3.02. The van der Waals surface area contributed by atoms with Crippen LogP contribution in [-0.2, 0) is 17.9 Å². The maximum atomic E-state index is 12.3. The Kier molecular flexibility index (Phi) is 2.63. The molecule has 0 atom stereocenters. The van der Waals surface area contributed by atoms with Crippen molar-refractivity contribution in [1.29, 1.82) is 0 Å². The zero-order valence-electron chi connectivity index (χ0n) is 11.5. The molecule has 0 fully saturated rings. The molecule has 2 aromatic rings. The largest absolute Gasteiger partial charge is 0.457 e. The van der Waals surface area contributed by atoms with Crippen LogP contribution in [0.4, 0.5) is 0 Å². The number of carbonyl (C=O) groups is 3. The lowest BCUT2D eigenvalue weighted by atomic mass is 10.1. The van der Waals surface area contributed by atoms with Crippen LogP contribution in [0.25, 0.3) is 0 Å². The first kappa shape index (κ1) is 12.8. The van der Waals surface area contributed by atoms with Gasteiger partial charge in [0.15, 0.2) is 0 Å². The fourth-order valence-electron chi connectivity index (χ4n) is 2.85. The number of rotatable bonds is 2. The maximum Gasteiger partial charge on any atom is 0.338 e. The van der Waals surface area contributed by atoms with Crippen LogP contribution in [0.5, 0.6) is 0 Å². The number of imide groups is 1. The Bertz CT molecular complexity index is 805. The van der Waals surface area contributed by atoms with Crippen molar-refractivity contribution in [2.45, 2.75) is 13.2 Å². The van der Waals surface area contributed by atoms with Gasteiger partial charge in [-0.25, -0.2) is 4.79 Å². The number of esters is 1. The third kappa shape index (κ3) is 1.75. The first-order chi connectivity index (χ1) is 10.6. The summed E-state index contributed by atoms with van der Waals surface area (Å²) in [5, 5.41) is 0. The molecule has 0 saturated heterocycles. The minimum atomic E-state index is -0.331. The summed E-state index contributed by atoms with van der Waals surface area (Å²) in [6.07, 6.45) is 0. The van der Waals surface area contributed by atoms with E-state index in [4.69, 9.17) is 4.74 Å². The lowest BCUT2D eigenvalue weighted by Gasteiger charge is -2.14. The number of fused-ring (bicyclic) bond motifs is 2. The molecule has 0 bridgehead atoms. The minimum Gasteiger partial charge on any atom is -0.457 e. The quantitative estimate of drug-likeness (QED) is 0.628. The molecule has 2 aliphatic heterocycles. The standard InChI is InChI=1S/C17H11NO4/c19-15-13-3-1-2-4-14(13)16(20)18(15)8-10-5-6-12-11(7-10)9-22-17(12)21/h1-7H,8-9H2. The molecular weight excluding hydrogens is 282 g/mol. The van der Waals surface area contributed by atoms with Gasteiger partial charge < -0.3 is 4.74 Å². The van der Waals surface area contributed by atoms with Gasteiger partial charge in [-0.1, -0.05) is 18.2 Å². The van der Waals surface area contributed by atoms with E-state index in [1.54, 1.807) is 36.4 Å². The van der Waals surface area contributed by atoms with E-state index in [0.29, 0.717) is 16.7 Å². The van der Waals surface area contributed by atoms with Crippen molar-refractivity contribution in [1.82, 2.24) is 4.90 Å². The van der Waals surface area contributed by atoms with Gasteiger partial charge in [0.05, 0.1) is 23.2 Å². The van der Waals surface area contributed by atoms with Crippen LogP contribution in [0.15, 0.2) is 42.5 Å². The second kappa shape index (κ2) is 4.53. The number of benzene rings is 2. The first-order valence-electron chi connectivity index (χ1n) is 6.89. The van der Waals surface area contributed by atoms with Gasteiger partial charge >= 0.3 is 5.97 Å². The highest BCUT2D eigenvalue weighted by atomic mass is 16.5. The van der Waals surface area contributed by atoms with Crippen LogP contribution >= 0.6 is 0 Å². The Labute approximate surface area is 126 Å². The molecule has 2 aliphatic rings. The van der Waals surface area contributed by atoms with Crippen LogP contribution in [0.2, 0.25) is 0 Å². The van der Waals surface area contributed by atoms with Crippen molar-refractivity contribution in [3.63, 3.8) is 0 Å². The summed E-state index contributed by atoms with van der Waals surface area (Å²) in [6.45, 7) is 0.429. The van der Waals surface area contributed by atoms with Gasteiger partial charge in [0.25, 0.3) is 11.8 Å². The second-order valence-electron chi connectivity index (χ2n) is 5.31. The highest BCUT2D eigenvalue weighted by Crippen LogP contribution is 2.26. The molecule has 0 saturated carbocycles. The molecule has 108 valence electrons. The molecule has 5 heteroatoms. The molecule has 0 aromatic heterocycles. The van der Waals surface area contributed by atoms with Crippen LogP contribution in [0.3, 0.4) is 0 Å². The van der Waals surface area contributed by atoms with Crippen molar-refractivity contribution < 1.29 is 19.1 Å². The highest BCUT2D eigenvalue weighted by molar-refractivity contribution is 6.21. The van der Waals surface area contributed by atoms with E-state index in [0.717, 1.165) is 11.1 Å². The Morgan fingerprint density at radius 2 is 1.59 bits per heavy atom. The average molecular weight is 293 g/mol. The lowest BCUT2D eigenvalue weighted by molar-refractivity contribution is 0.0534. The van der Waals surface area contributed by atoms with Gasteiger partial charge in [-0.2, -0.15) is 0 Å². The van der Waals surface area contributed by atoms with Crippen LogP contribution in [-0.4, -0.2) is 22.7 Å². The molecular formula is C17H11NO4. The summed E-state index contributed by atoms with van der Waals surface area (Å²) >= 11 is 0. The topological polar surface area (TPSA) is 63.7 Å². The molecule has 0 radical (unpaired) electrons. The molecule has 2 heterocycles. The normalized spacial score (nSPS) is 15.8. The number of hydrogen-bond donors (Lipinski definition) is 0. The van der Waals surface area contributed by atoms with Gasteiger partial charge in [0, 0.05) is 5.56 Å². The zero-order valence-corrected chi connectivity index (χ0v) is 11.5. The Balaban J connectivity index is 1.64. The number of amides is 2. The van der Waals surface area contributed by atoms with Gasteiger partial charge in [-0.05, 0) is 29.8 Å². The monoisotopic (exact) mass is 293 g/mol. The second-order valence-corrected chi connectivity index (χ2v) is 5.31. The van der Waals surface area contributed by atoms with Gasteiger partial charge in [0.1, 0.15) is 6.61 Å². The molecule has 5 nitrogen and oxygen atoms in total. The molecule has 0 N–H and O–H groups in total. The maximum absolute atomic E-state index is 12.3. The number of cyclic esters (lactones) is 1. The summed E-state index contributed by atoms with van der Waals surface area (Å²) in [4.78, 5) is 37.3. The van der Waals surface area contributed by atoms with E-state index in [1.165, 1.54) is 4.90 Å². The fourth-order valence-corrected chi connectivity index (χ4v) is 2.85. The predicted molar refractivity (Wildman–Crippen MR) is 76.2 cm³/mol. The van der Waals surface area contributed by atoms with Crippen molar-refractivity contribution >= 4 is 17.8 Å². The first-order valence-corrected chi connectivity index (χ1v) is 6.89. The highest BCUT2D eigenvalue weighted by Gasteiger charge is 2.35. The Morgan fingerprint density at radius 3 is 2.27 bits per heavy atom. The van der Waals surface area contributed by atoms with E-state index in [-0.39, 0.29) is 30.9 Å². The minimum absolute atomic E-state index is 0.188. The SMILES string of the molecule is O=C1OCc2cc(CN3C(=O)c4ccccc4C3=O)ccc21. The molecule has 22 heavy (non-hydrogen) atoms. The van der Waals surface area contributed by atoms with Gasteiger partial charge in [-0.15, -0.1) is 0 Å². The number of ether oxygens (including phenoxy) is 1. The zero-order chi connectivity index (χ0) is 15.3. The van der Waals surface area contributed by atoms with E-state index < -0.39 is 0 Å². The number of carbonyl (C=O) groups excluding carboxylic acids is 3. The van der Waals surface area contributed by atoms with Crippen molar-refractivity contribution in [3.05, 3.63) is 70.3 Å². The molecule has 0 aliphatic carbocycles. The van der Waals surface area contributed by atoms with Gasteiger partial charge in [-0.3, -0.25) is 14.5 Å². The number of hydrogen-bond acceptors (Lipinski definition) is 4. The smallest absolute Gasteiger partial charge is 0.338 e. The Hall–Kier alpha value is -2.95. The van der Waals surface area contributed by atoms with Crippen LogP contribution in [0, 0.1) is 0 Å². The van der Waals surface area contributed by atoms with E-state index in [2.05, 4.69) is 0 Å². The summed E-state index contributed by atoms with van der Waals surface area (Å²) in [5.74, 6) is -0.899. The van der Waals surface area contributed by atoms with Crippen LogP contribution < -0.4 is 0 Å². The van der Waals surface area contributed by atoms with Crippen molar-refractivity contribution in [3.8, 4) is 0 Å². The lowest BCUT2D eigenvalue weighted by Crippen LogP contribution is -2.29. The molecule has 4 rings (SSSR count). The van der Waals surface area contributed by atoms with Crippen LogP contribution in [0.1, 0.15) is 42.2 Å². The van der Waals surface area contributed by atoms with E-state index in [9.17, 15) is 14.4 Å².